The fourth-order valence-electron chi connectivity index (χ4n) is 3.56. The van der Waals surface area contributed by atoms with Crippen molar-refractivity contribution in [1.29, 1.82) is 0 Å². The van der Waals surface area contributed by atoms with Gasteiger partial charge < -0.3 is 15.3 Å². The monoisotopic (exact) mass is 818 g/mol. The maximum Gasteiger partial charge on any atom is 0.343 e. The lowest BCUT2D eigenvalue weighted by Crippen LogP contribution is -2.12. The highest BCUT2D eigenvalue weighted by Gasteiger charge is 2.25. The molecule has 0 fully saturated rings. The number of aromatic carboxylic acids is 1. The quantitative estimate of drug-likeness (QED) is 0.0229. The largest absolute Gasteiger partial charge is 0.505 e. The minimum Gasteiger partial charge on any atom is -0.505 e. The first-order chi connectivity index (χ1) is 24.0. The van der Waals surface area contributed by atoms with Crippen molar-refractivity contribution in [3.8, 4) is 11.5 Å². The standard InChI is InChI=1S/C23H22N4O19S5/c28-21-17(26-24-13-1-3-14(4-2-13)49(34,35)9-7-41-47-45-43-32)12-18(22(29)20(21)23(30)31)27-25-16-6-5-15(11-19(16)51(38,39)40)50(36,37)10-8-42-48-46-44-33/h1-6,11-12,28-29,32-33H,7-10H2,(H,30,31)(H,38,39,40). The van der Waals surface area contributed by atoms with Gasteiger partial charge in [-0.15, -0.1) is 24.0 Å². The lowest BCUT2D eigenvalue weighted by molar-refractivity contribution is -0.434. The average molecular weight is 819 g/mol. The molecular weight excluding hydrogens is 797 g/mol. The Kier molecular flexibility index (Phi) is 15.1. The van der Waals surface area contributed by atoms with E-state index >= 15 is 0 Å². The molecular formula is C23H22N4O19S5. The molecule has 0 atom stereocenters. The summed E-state index contributed by atoms with van der Waals surface area (Å²) in [7, 11) is -13.3. The van der Waals surface area contributed by atoms with E-state index in [1.807, 2.05) is 0 Å². The predicted molar refractivity (Wildman–Crippen MR) is 169 cm³/mol. The normalized spacial score (nSPS) is 12.6. The highest BCUT2D eigenvalue weighted by atomic mass is 32.2. The number of nitrogens with zero attached hydrogens (tertiary/aromatic N) is 4. The van der Waals surface area contributed by atoms with Crippen molar-refractivity contribution >= 4 is 83.2 Å². The van der Waals surface area contributed by atoms with Crippen LogP contribution in [-0.4, -0.2) is 86.3 Å². The van der Waals surface area contributed by atoms with E-state index in [4.69, 9.17) is 14.7 Å². The van der Waals surface area contributed by atoms with Crippen LogP contribution in [0.15, 0.2) is 83.7 Å². The predicted octanol–water partition coefficient (Wildman–Crippen LogP) is 4.42. The molecule has 0 aliphatic heterocycles. The van der Waals surface area contributed by atoms with Crippen LogP contribution in [0.5, 0.6) is 11.5 Å². The molecule has 0 aliphatic rings. The van der Waals surface area contributed by atoms with Crippen LogP contribution in [0.3, 0.4) is 0 Å². The summed E-state index contributed by atoms with van der Waals surface area (Å²) in [6, 6.07) is 7.78. The number of phenols is 2. The third kappa shape index (κ3) is 11.8. The summed E-state index contributed by atoms with van der Waals surface area (Å²) in [6.45, 7) is -0.864. The highest BCUT2D eigenvalue weighted by Crippen LogP contribution is 2.44. The minimum absolute atomic E-state index is 0.00689. The fourth-order valence-corrected chi connectivity index (χ4v) is 7.13. The van der Waals surface area contributed by atoms with Crippen LogP contribution in [0.2, 0.25) is 0 Å². The zero-order chi connectivity index (χ0) is 37.8. The number of carbonyl (C=O) groups is 1. The topological polar surface area (TPSA) is 346 Å². The van der Waals surface area contributed by atoms with Gasteiger partial charge in [-0.1, -0.05) is 10.1 Å². The molecule has 51 heavy (non-hydrogen) atoms. The molecule has 0 aliphatic carbocycles. The summed E-state index contributed by atoms with van der Waals surface area (Å²) >= 11 is 0.287. The van der Waals surface area contributed by atoms with E-state index in [-0.39, 0.29) is 41.8 Å². The Hall–Kier alpha value is -3.88. The van der Waals surface area contributed by atoms with Crippen LogP contribution < -0.4 is 0 Å². The molecule has 0 saturated heterocycles. The van der Waals surface area contributed by atoms with Gasteiger partial charge in [0.1, 0.15) is 27.5 Å². The smallest absolute Gasteiger partial charge is 0.343 e. The number of hydrogen-bond acceptors (Lipinski definition) is 23. The number of benzene rings is 3. The highest BCUT2D eigenvalue weighted by molar-refractivity contribution is 7.92. The van der Waals surface area contributed by atoms with Crippen molar-refractivity contribution in [2.75, 3.05) is 24.7 Å². The van der Waals surface area contributed by atoms with Crippen LogP contribution in [-0.2, 0) is 56.9 Å². The van der Waals surface area contributed by atoms with Gasteiger partial charge >= 0.3 is 5.97 Å². The molecule has 0 heterocycles. The molecule has 0 spiro atoms. The SMILES string of the molecule is O=C(O)c1c(O)c(N=Nc2ccc(S(=O)(=O)CCOSOOO)cc2)cc(N=Nc2ccc(S(=O)(=O)CCOSOOO)cc2S(=O)(=O)O)c1O. The number of azo groups is 2. The van der Waals surface area contributed by atoms with Gasteiger partial charge in [0.2, 0.25) is 0 Å². The van der Waals surface area contributed by atoms with Gasteiger partial charge in [-0.25, -0.2) is 32.1 Å². The van der Waals surface area contributed by atoms with Gasteiger partial charge in [0.25, 0.3) is 10.1 Å². The minimum atomic E-state index is -5.17. The summed E-state index contributed by atoms with van der Waals surface area (Å²) in [5, 5.41) is 67.9. The molecule has 0 saturated carbocycles. The second kappa shape index (κ2) is 18.6. The zero-order valence-corrected chi connectivity index (χ0v) is 28.9. The third-order valence-electron chi connectivity index (χ3n) is 5.83. The van der Waals surface area contributed by atoms with Gasteiger partial charge in [-0.3, -0.25) is 12.9 Å². The molecule has 0 amide bonds. The zero-order valence-electron chi connectivity index (χ0n) is 24.8. The van der Waals surface area contributed by atoms with Crippen LogP contribution in [0.25, 0.3) is 0 Å². The Morgan fingerprint density at radius 1 is 0.667 bits per heavy atom. The van der Waals surface area contributed by atoms with E-state index in [9.17, 15) is 49.9 Å². The number of rotatable bonds is 20. The summed E-state index contributed by atoms with van der Waals surface area (Å²) in [5.41, 5.74) is -3.10. The second-order valence-electron chi connectivity index (χ2n) is 8.99. The van der Waals surface area contributed by atoms with Crippen molar-refractivity contribution in [1.82, 2.24) is 0 Å². The van der Waals surface area contributed by atoms with E-state index in [0.717, 1.165) is 30.3 Å². The molecule has 23 nitrogen and oxygen atoms in total. The number of carboxylic acids is 1. The second-order valence-corrected chi connectivity index (χ2v) is 15.6. The molecule has 0 aromatic heterocycles. The van der Waals surface area contributed by atoms with E-state index < -0.39 is 97.8 Å². The Bertz CT molecular complexity index is 2100. The first kappa shape index (κ1) is 41.5. The van der Waals surface area contributed by atoms with Gasteiger partial charge in [-0.2, -0.15) is 13.5 Å². The van der Waals surface area contributed by atoms with Gasteiger partial charge in [0.15, 0.2) is 55.8 Å². The molecule has 6 N–H and O–H groups in total. The molecule has 3 aromatic rings. The van der Waals surface area contributed by atoms with E-state index in [0.29, 0.717) is 6.07 Å². The van der Waals surface area contributed by atoms with Crippen LogP contribution in [0.1, 0.15) is 10.4 Å². The van der Waals surface area contributed by atoms with Crippen molar-refractivity contribution in [2.24, 2.45) is 20.5 Å². The van der Waals surface area contributed by atoms with Gasteiger partial charge in [-0.05, 0) is 42.5 Å². The Morgan fingerprint density at radius 2 is 1.14 bits per heavy atom. The van der Waals surface area contributed by atoms with E-state index in [1.165, 1.54) is 12.1 Å². The Morgan fingerprint density at radius 3 is 1.63 bits per heavy atom. The van der Waals surface area contributed by atoms with E-state index in [2.05, 4.69) is 43.4 Å². The molecule has 0 radical (unpaired) electrons. The third-order valence-corrected chi connectivity index (χ3v) is 10.8. The average Bonchev–Trinajstić information content (AvgIpc) is 3.07. The summed E-state index contributed by atoms with van der Waals surface area (Å²) in [4.78, 5) is 10.0. The summed E-state index contributed by atoms with van der Waals surface area (Å²) in [5.74, 6) is -5.32. The van der Waals surface area contributed by atoms with Crippen LogP contribution in [0.4, 0.5) is 22.7 Å². The lowest BCUT2D eigenvalue weighted by atomic mass is 10.1. The Balaban J connectivity index is 1.92. The first-order valence-electron chi connectivity index (χ1n) is 12.9. The Labute approximate surface area is 295 Å². The lowest BCUT2D eigenvalue weighted by Gasteiger charge is -2.09. The summed E-state index contributed by atoms with van der Waals surface area (Å²) < 4.78 is 101. The number of aromatic hydroxyl groups is 2. The van der Waals surface area contributed by atoms with Crippen molar-refractivity contribution in [2.45, 2.75) is 14.7 Å². The van der Waals surface area contributed by atoms with Crippen molar-refractivity contribution in [3.63, 3.8) is 0 Å². The molecule has 0 bridgehead atoms. The molecule has 0 unspecified atom stereocenters. The number of sulfone groups is 2. The maximum absolute atomic E-state index is 12.6. The molecule has 28 heteroatoms. The van der Waals surface area contributed by atoms with Crippen LogP contribution >= 0.6 is 24.6 Å². The first-order valence-corrected chi connectivity index (χ1v) is 18.9. The van der Waals surface area contributed by atoms with Crippen molar-refractivity contribution < 1.29 is 87.5 Å². The van der Waals surface area contributed by atoms with E-state index in [1.54, 1.807) is 0 Å². The maximum atomic E-state index is 12.6. The van der Waals surface area contributed by atoms with Crippen molar-refractivity contribution in [3.05, 3.63) is 54.1 Å². The fraction of sp³-hybridized carbons (Fsp3) is 0.174. The van der Waals surface area contributed by atoms with Gasteiger partial charge in [0, 0.05) is 6.07 Å². The number of carboxylic acid groups (broad SMARTS) is 1. The van der Waals surface area contributed by atoms with Crippen LogP contribution in [0, 0.1) is 0 Å². The molecule has 3 rings (SSSR count). The molecule has 3 aromatic carbocycles. The van der Waals surface area contributed by atoms with Gasteiger partial charge in [0.05, 0.1) is 40.2 Å². The summed E-state index contributed by atoms with van der Waals surface area (Å²) in [6.07, 6.45) is 0. The number of hydrogen-bond donors (Lipinski definition) is 6. The molecule has 278 valence electrons.